The number of hydrazone groups is 1. The van der Waals surface area contributed by atoms with E-state index in [1.54, 1.807) is 48.5 Å². The molecule has 0 aliphatic heterocycles. The summed E-state index contributed by atoms with van der Waals surface area (Å²) in [7, 11) is -2.65. The number of methoxy groups -OCH3 is 1. The Morgan fingerprint density at radius 1 is 0.860 bits per heavy atom. The minimum absolute atomic E-state index is 0.0243. The minimum atomic E-state index is -4.13. The monoisotopic (exact) mass is 640 g/mol. The van der Waals surface area contributed by atoms with Gasteiger partial charge >= 0.3 is 0 Å². The molecule has 2 N–H and O–H groups in total. The lowest BCUT2D eigenvalue weighted by Crippen LogP contribution is -2.39. The number of anilines is 2. The zero-order valence-electron chi connectivity index (χ0n) is 22.7. The second-order valence-corrected chi connectivity index (χ2v) is 11.6. The van der Waals surface area contributed by atoms with Gasteiger partial charge in [0.05, 0.1) is 23.9 Å². The van der Waals surface area contributed by atoms with Crippen LogP contribution in [0.15, 0.2) is 107 Å². The van der Waals surface area contributed by atoms with E-state index in [-0.39, 0.29) is 23.1 Å². The Balaban J connectivity index is 1.35. The number of carbonyl (C=O) groups excluding carboxylic acids is 2. The Bertz CT molecular complexity index is 1700. The van der Waals surface area contributed by atoms with Crippen molar-refractivity contribution in [3.63, 3.8) is 0 Å². The van der Waals surface area contributed by atoms with Crippen molar-refractivity contribution >= 4 is 62.6 Å². The molecule has 0 bridgehead atoms. The van der Waals surface area contributed by atoms with Crippen LogP contribution in [0.25, 0.3) is 0 Å². The van der Waals surface area contributed by atoms with Gasteiger partial charge in [0.1, 0.15) is 18.0 Å². The van der Waals surface area contributed by atoms with Gasteiger partial charge in [-0.05, 0) is 96.6 Å². The van der Waals surface area contributed by atoms with E-state index in [2.05, 4.69) is 15.8 Å². The van der Waals surface area contributed by atoms with Crippen molar-refractivity contribution in [2.75, 3.05) is 29.9 Å². The highest BCUT2D eigenvalue weighted by Crippen LogP contribution is 2.26. The maximum atomic E-state index is 13.5. The third kappa shape index (κ3) is 8.95. The fourth-order valence-electron chi connectivity index (χ4n) is 3.70. The molecule has 0 radical (unpaired) electrons. The maximum absolute atomic E-state index is 13.5. The summed E-state index contributed by atoms with van der Waals surface area (Å²) >= 11 is 11.9. The number of nitrogens with one attached hydrogen (secondary N) is 2. The number of halogens is 2. The minimum Gasteiger partial charge on any atom is -0.497 e. The molecule has 4 rings (SSSR count). The molecular formula is C30H26Cl2N4O6S. The van der Waals surface area contributed by atoms with Gasteiger partial charge in [-0.1, -0.05) is 29.3 Å². The molecule has 10 nitrogen and oxygen atoms in total. The lowest BCUT2D eigenvalue weighted by atomic mass is 10.2. The number of hydrogen-bond donors (Lipinski definition) is 2. The SMILES string of the molecule is COc1ccc(S(=O)(=O)N(CC(=O)N/N=C\c2ccc(OCC(=O)Nc3cccc(Cl)c3)cc2)c2ccc(Cl)cc2)cc1. The van der Waals surface area contributed by atoms with E-state index in [0.717, 1.165) is 4.31 Å². The van der Waals surface area contributed by atoms with E-state index in [1.165, 1.54) is 61.9 Å². The Morgan fingerprint density at radius 3 is 2.19 bits per heavy atom. The number of carbonyl (C=O) groups is 2. The molecule has 0 aromatic heterocycles. The predicted molar refractivity (Wildman–Crippen MR) is 167 cm³/mol. The van der Waals surface area contributed by atoms with Crippen molar-refractivity contribution in [1.82, 2.24) is 5.43 Å². The van der Waals surface area contributed by atoms with Crippen LogP contribution in [-0.2, 0) is 19.6 Å². The average Bonchev–Trinajstić information content (AvgIpc) is 3.00. The maximum Gasteiger partial charge on any atom is 0.264 e. The summed E-state index contributed by atoms with van der Waals surface area (Å²) in [5.41, 5.74) is 3.78. The first-order valence-corrected chi connectivity index (χ1v) is 14.9. The fourth-order valence-corrected chi connectivity index (χ4v) is 5.44. The Kier molecular flexibility index (Phi) is 10.6. The molecule has 0 aliphatic rings. The molecule has 43 heavy (non-hydrogen) atoms. The number of sulfonamides is 1. The van der Waals surface area contributed by atoms with Crippen molar-refractivity contribution < 1.29 is 27.5 Å². The first-order chi connectivity index (χ1) is 20.6. The number of nitrogens with zero attached hydrogens (tertiary/aromatic N) is 2. The van der Waals surface area contributed by atoms with Crippen LogP contribution < -0.4 is 24.5 Å². The van der Waals surface area contributed by atoms with Crippen LogP contribution >= 0.6 is 23.2 Å². The highest BCUT2D eigenvalue weighted by Gasteiger charge is 2.27. The number of rotatable bonds is 12. The summed E-state index contributed by atoms with van der Waals surface area (Å²) in [6.45, 7) is -0.753. The molecule has 13 heteroatoms. The van der Waals surface area contributed by atoms with Crippen LogP contribution in [0.5, 0.6) is 11.5 Å². The molecule has 0 unspecified atom stereocenters. The fraction of sp³-hybridized carbons (Fsp3) is 0.100. The van der Waals surface area contributed by atoms with Gasteiger partial charge in [-0.3, -0.25) is 13.9 Å². The van der Waals surface area contributed by atoms with E-state index < -0.39 is 22.5 Å². The van der Waals surface area contributed by atoms with Crippen molar-refractivity contribution in [1.29, 1.82) is 0 Å². The van der Waals surface area contributed by atoms with Crippen LogP contribution in [0.1, 0.15) is 5.56 Å². The smallest absolute Gasteiger partial charge is 0.264 e. The first kappa shape index (κ1) is 31.4. The highest BCUT2D eigenvalue weighted by molar-refractivity contribution is 7.92. The van der Waals surface area contributed by atoms with Crippen LogP contribution in [-0.4, -0.2) is 46.7 Å². The first-order valence-electron chi connectivity index (χ1n) is 12.7. The normalized spacial score (nSPS) is 11.1. The van der Waals surface area contributed by atoms with E-state index in [9.17, 15) is 18.0 Å². The highest BCUT2D eigenvalue weighted by atomic mass is 35.5. The summed E-state index contributed by atoms with van der Waals surface area (Å²) in [4.78, 5) is 24.9. The molecule has 0 fully saturated rings. The molecular weight excluding hydrogens is 615 g/mol. The Hall–Kier alpha value is -4.58. The molecule has 4 aromatic rings. The lowest BCUT2D eigenvalue weighted by Gasteiger charge is -2.23. The molecule has 4 aromatic carbocycles. The zero-order chi connectivity index (χ0) is 30.8. The van der Waals surface area contributed by atoms with Gasteiger partial charge in [-0.15, -0.1) is 0 Å². The number of amides is 2. The van der Waals surface area contributed by atoms with Gasteiger partial charge in [0.15, 0.2) is 6.61 Å². The number of benzene rings is 4. The van der Waals surface area contributed by atoms with Crippen LogP contribution in [0.2, 0.25) is 10.0 Å². The van der Waals surface area contributed by atoms with E-state index in [0.29, 0.717) is 32.8 Å². The van der Waals surface area contributed by atoms with Gasteiger partial charge in [0, 0.05) is 15.7 Å². The molecule has 0 atom stereocenters. The van der Waals surface area contributed by atoms with Crippen molar-refractivity contribution in [3.8, 4) is 11.5 Å². The quantitative estimate of drug-likeness (QED) is 0.158. The third-order valence-electron chi connectivity index (χ3n) is 5.81. The molecule has 0 saturated heterocycles. The molecule has 0 heterocycles. The molecule has 0 saturated carbocycles. The van der Waals surface area contributed by atoms with E-state index in [1.807, 2.05) is 0 Å². The van der Waals surface area contributed by atoms with Gasteiger partial charge in [-0.2, -0.15) is 5.10 Å². The topological polar surface area (TPSA) is 126 Å². The average molecular weight is 642 g/mol. The summed E-state index contributed by atoms with van der Waals surface area (Å²) < 4.78 is 38.5. The van der Waals surface area contributed by atoms with E-state index >= 15 is 0 Å². The van der Waals surface area contributed by atoms with Crippen LogP contribution in [0, 0.1) is 0 Å². The molecule has 0 aliphatic carbocycles. The summed E-state index contributed by atoms with van der Waals surface area (Å²) in [5, 5.41) is 7.55. The van der Waals surface area contributed by atoms with Crippen molar-refractivity contribution in [2.45, 2.75) is 4.90 Å². The van der Waals surface area contributed by atoms with Gasteiger partial charge < -0.3 is 14.8 Å². The molecule has 2 amide bonds. The summed E-state index contributed by atoms with van der Waals surface area (Å²) in [6.07, 6.45) is 1.39. The van der Waals surface area contributed by atoms with Gasteiger partial charge in [-0.25, -0.2) is 13.8 Å². The van der Waals surface area contributed by atoms with Crippen molar-refractivity contribution in [2.24, 2.45) is 5.10 Å². The largest absolute Gasteiger partial charge is 0.497 e. The zero-order valence-corrected chi connectivity index (χ0v) is 25.1. The second-order valence-electron chi connectivity index (χ2n) is 8.87. The predicted octanol–water partition coefficient (Wildman–Crippen LogP) is 5.37. The summed E-state index contributed by atoms with van der Waals surface area (Å²) in [6, 6.07) is 25.3. The lowest BCUT2D eigenvalue weighted by molar-refractivity contribution is -0.119. The van der Waals surface area contributed by atoms with E-state index in [4.69, 9.17) is 32.7 Å². The molecule has 0 spiro atoms. The molecule has 222 valence electrons. The van der Waals surface area contributed by atoms with Crippen molar-refractivity contribution in [3.05, 3.63) is 113 Å². The van der Waals surface area contributed by atoms with Gasteiger partial charge in [0.25, 0.3) is 21.8 Å². The standard InChI is InChI=1S/C30H26Cl2N4O6S/c1-41-26-13-15-28(16-14-26)43(39,40)36(25-9-7-22(31)8-10-25)19-29(37)35-33-18-21-5-11-27(12-6-21)42-20-30(38)34-24-4-2-3-23(32)17-24/h2-18H,19-20H2,1H3,(H,34,38)(H,35,37)/b33-18-. The third-order valence-corrected chi connectivity index (χ3v) is 8.09. The number of hydrogen-bond acceptors (Lipinski definition) is 7. The van der Waals surface area contributed by atoms with Gasteiger partial charge in [0.2, 0.25) is 0 Å². The Labute approximate surface area is 258 Å². The second kappa shape index (κ2) is 14.5. The van der Waals surface area contributed by atoms with Crippen LogP contribution in [0.4, 0.5) is 11.4 Å². The summed E-state index contributed by atoms with van der Waals surface area (Å²) in [5.74, 6) is -0.0843. The van der Waals surface area contributed by atoms with Crippen LogP contribution in [0.3, 0.4) is 0 Å². The Morgan fingerprint density at radius 2 is 1.53 bits per heavy atom. The number of ether oxygens (including phenoxy) is 2.